The van der Waals surface area contributed by atoms with Gasteiger partial charge in [0.2, 0.25) is 5.91 Å². The molecule has 1 N–H and O–H groups in total. The van der Waals surface area contributed by atoms with Crippen LogP contribution in [0.2, 0.25) is 0 Å². The lowest BCUT2D eigenvalue weighted by molar-refractivity contribution is -0.133. The highest BCUT2D eigenvalue weighted by atomic mass is 16.5. The summed E-state index contributed by atoms with van der Waals surface area (Å²) in [7, 11) is 1.63. The van der Waals surface area contributed by atoms with E-state index in [1.165, 1.54) is 0 Å². The van der Waals surface area contributed by atoms with Gasteiger partial charge in [-0.2, -0.15) is 0 Å². The number of rotatable bonds is 4. The molecule has 3 saturated heterocycles. The minimum absolute atomic E-state index is 0.0147. The summed E-state index contributed by atoms with van der Waals surface area (Å²) in [6, 6.07) is 7.32. The van der Waals surface area contributed by atoms with Crippen LogP contribution in [0.15, 0.2) is 24.3 Å². The van der Waals surface area contributed by atoms with Crippen molar-refractivity contribution in [1.29, 1.82) is 0 Å². The highest BCUT2D eigenvalue weighted by molar-refractivity contribution is 5.94. The van der Waals surface area contributed by atoms with Crippen molar-refractivity contribution in [2.75, 3.05) is 46.4 Å². The van der Waals surface area contributed by atoms with Crippen molar-refractivity contribution in [3.8, 4) is 5.75 Å². The molecule has 158 valence electrons. The highest BCUT2D eigenvalue weighted by Crippen LogP contribution is 2.56. The normalized spacial score (nSPS) is 26.5. The van der Waals surface area contributed by atoms with Crippen molar-refractivity contribution in [2.45, 2.75) is 33.1 Å². The largest absolute Gasteiger partial charge is 0.497 e. The zero-order valence-corrected chi connectivity index (χ0v) is 17.9. The predicted molar refractivity (Wildman–Crippen MR) is 112 cm³/mol. The maximum absolute atomic E-state index is 13.0. The molecule has 0 aliphatic carbocycles. The molecule has 2 spiro atoms. The molecule has 0 aromatic heterocycles. The van der Waals surface area contributed by atoms with Crippen LogP contribution >= 0.6 is 0 Å². The number of nitrogens with zero attached hydrogens (tertiary/aromatic N) is 2. The standard InChI is InChI=1S/C23H33N3O3/c1-17(2)14-25-15-22(23(16-25)8-11-24-21(23)28)9-12-26(13-10-22)20(27)18-4-6-19(29-3)7-5-18/h4-7,17H,8-16H2,1-3H3,(H,24,28). The quantitative estimate of drug-likeness (QED) is 0.845. The van der Waals surface area contributed by atoms with Crippen molar-refractivity contribution in [3.63, 3.8) is 0 Å². The third kappa shape index (κ3) is 3.41. The van der Waals surface area contributed by atoms with Crippen LogP contribution in [-0.4, -0.2) is 68.0 Å². The summed E-state index contributed by atoms with van der Waals surface area (Å²) in [4.78, 5) is 30.4. The molecule has 3 fully saturated rings. The van der Waals surface area contributed by atoms with Crippen LogP contribution in [0.4, 0.5) is 0 Å². The predicted octanol–water partition coefficient (Wildman–Crippen LogP) is 2.40. The molecule has 3 aliphatic rings. The number of hydrogen-bond donors (Lipinski definition) is 1. The summed E-state index contributed by atoms with van der Waals surface area (Å²) in [5.74, 6) is 1.65. The van der Waals surface area contributed by atoms with E-state index in [0.717, 1.165) is 64.3 Å². The van der Waals surface area contributed by atoms with Crippen molar-refractivity contribution in [1.82, 2.24) is 15.1 Å². The van der Waals surface area contributed by atoms with Gasteiger partial charge in [0.05, 0.1) is 12.5 Å². The Balaban J connectivity index is 1.50. The summed E-state index contributed by atoms with van der Waals surface area (Å²) >= 11 is 0. The first kappa shape index (κ1) is 20.2. The zero-order valence-electron chi connectivity index (χ0n) is 17.9. The smallest absolute Gasteiger partial charge is 0.253 e. The summed E-state index contributed by atoms with van der Waals surface area (Å²) < 4.78 is 5.19. The third-order valence-electron chi connectivity index (χ3n) is 7.28. The summed E-state index contributed by atoms with van der Waals surface area (Å²) in [6.45, 7) is 9.57. The molecule has 1 aromatic carbocycles. The van der Waals surface area contributed by atoms with E-state index in [1.54, 1.807) is 7.11 Å². The lowest BCUT2D eigenvalue weighted by Crippen LogP contribution is -2.53. The first-order valence-electron chi connectivity index (χ1n) is 10.8. The van der Waals surface area contributed by atoms with Gasteiger partial charge in [-0.3, -0.25) is 9.59 Å². The molecule has 4 rings (SSSR count). The number of nitrogens with one attached hydrogen (secondary N) is 1. The SMILES string of the molecule is COc1ccc(C(=O)N2CCC3(CC2)CN(CC(C)C)CC32CCNC2=O)cc1. The van der Waals surface area contributed by atoms with Gasteiger partial charge in [0, 0.05) is 50.2 Å². The van der Waals surface area contributed by atoms with E-state index in [0.29, 0.717) is 11.5 Å². The Labute approximate surface area is 173 Å². The van der Waals surface area contributed by atoms with Gasteiger partial charge in [0.25, 0.3) is 5.91 Å². The number of methoxy groups -OCH3 is 1. The Bertz CT molecular complexity index is 768. The Hall–Kier alpha value is -2.08. The Morgan fingerprint density at radius 2 is 1.83 bits per heavy atom. The number of likely N-dealkylation sites (tertiary alicyclic amines) is 2. The number of carbonyl (C=O) groups is 2. The summed E-state index contributed by atoms with van der Waals surface area (Å²) in [6.07, 6.45) is 2.72. The zero-order chi connectivity index (χ0) is 20.6. The van der Waals surface area contributed by atoms with Crippen molar-refractivity contribution in [2.24, 2.45) is 16.7 Å². The molecular weight excluding hydrogens is 366 g/mol. The average molecular weight is 400 g/mol. The number of hydrogen-bond acceptors (Lipinski definition) is 4. The van der Waals surface area contributed by atoms with Gasteiger partial charge in [-0.25, -0.2) is 0 Å². The van der Waals surface area contributed by atoms with E-state index >= 15 is 0 Å². The van der Waals surface area contributed by atoms with Gasteiger partial charge >= 0.3 is 0 Å². The second-order valence-electron chi connectivity index (χ2n) is 9.45. The molecule has 6 nitrogen and oxygen atoms in total. The average Bonchev–Trinajstić information content (AvgIpc) is 3.22. The van der Waals surface area contributed by atoms with Crippen LogP contribution in [0, 0.1) is 16.7 Å². The van der Waals surface area contributed by atoms with Crippen LogP contribution in [-0.2, 0) is 4.79 Å². The summed E-state index contributed by atoms with van der Waals surface area (Å²) in [5.41, 5.74) is 0.402. The second kappa shape index (κ2) is 7.63. The van der Waals surface area contributed by atoms with Gasteiger partial charge in [0.15, 0.2) is 0 Å². The molecule has 0 saturated carbocycles. The maximum Gasteiger partial charge on any atom is 0.253 e. The van der Waals surface area contributed by atoms with Crippen LogP contribution in [0.1, 0.15) is 43.5 Å². The minimum atomic E-state index is -0.281. The number of fused-ring (bicyclic) bond motifs is 1. The molecule has 0 bridgehead atoms. The lowest BCUT2D eigenvalue weighted by atomic mass is 9.60. The van der Waals surface area contributed by atoms with E-state index in [4.69, 9.17) is 4.74 Å². The lowest BCUT2D eigenvalue weighted by Gasteiger charge is -2.46. The van der Waals surface area contributed by atoms with E-state index in [2.05, 4.69) is 24.1 Å². The van der Waals surface area contributed by atoms with Gasteiger partial charge in [0.1, 0.15) is 5.75 Å². The molecule has 3 aliphatic heterocycles. The number of ether oxygens (including phenoxy) is 1. The number of carbonyl (C=O) groups excluding carboxylic acids is 2. The van der Waals surface area contributed by atoms with Crippen molar-refractivity contribution in [3.05, 3.63) is 29.8 Å². The molecule has 0 radical (unpaired) electrons. The monoisotopic (exact) mass is 399 g/mol. The van der Waals surface area contributed by atoms with Gasteiger partial charge in [-0.1, -0.05) is 13.8 Å². The van der Waals surface area contributed by atoms with Crippen molar-refractivity contribution >= 4 is 11.8 Å². The van der Waals surface area contributed by atoms with E-state index < -0.39 is 0 Å². The number of piperidine rings is 1. The summed E-state index contributed by atoms with van der Waals surface area (Å²) in [5, 5.41) is 3.11. The van der Waals surface area contributed by atoms with Gasteiger partial charge in [-0.15, -0.1) is 0 Å². The fraction of sp³-hybridized carbons (Fsp3) is 0.652. The van der Waals surface area contributed by atoms with Gasteiger partial charge < -0.3 is 19.9 Å². The second-order valence-corrected chi connectivity index (χ2v) is 9.45. The van der Waals surface area contributed by atoms with Crippen LogP contribution in [0.5, 0.6) is 5.75 Å². The Morgan fingerprint density at radius 3 is 2.38 bits per heavy atom. The molecule has 1 aromatic rings. The minimum Gasteiger partial charge on any atom is -0.497 e. The van der Waals surface area contributed by atoms with Crippen molar-refractivity contribution < 1.29 is 14.3 Å². The maximum atomic E-state index is 13.0. The van der Waals surface area contributed by atoms with Crippen LogP contribution in [0.25, 0.3) is 0 Å². The highest BCUT2D eigenvalue weighted by Gasteiger charge is 2.63. The fourth-order valence-electron chi connectivity index (χ4n) is 5.85. The fourth-order valence-corrected chi connectivity index (χ4v) is 5.85. The topological polar surface area (TPSA) is 61.9 Å². The Morgan fingerprint density at radius 1 is 1.14 bits per heavy atom. The first-order valence-corrected chi connectivity index (χ1v) is 10.8. The molecule has 6 heteroatoms. The first-order chi connectivity index (χ1) is 13.9. The van der Waals surface area contributed by atoms with Crippen LogP contribution < -0.4 is 10.1 Å². The van der Waals surface area contributed by atoms with E-state index in [1.807, 2.05) is 29.2 Å². The number of amides is 2. The third-order valence-corrected chi connectivity index (χ3v) is 7.28. The van der Waals surface area contributed by atoms with Gasteiger partial charge in [-0.05, 0) is 49.4 Å². The molecule has 1 unspecified atom stereocenters. The number of benzene rings is 1. The van der Waals surface area contributed by atoms with E-state index in [9.17, 15) is 9.59 Å². The molecule has 3 heterocycles. The van der Waals surface area contributed by atoms with Crippen LogP contribution in [0.3, 0.4) is 0 Å². The molecule has 2 amide bonds. The molecule has 29 heavy (non-hydrogen) atoms. The molecule has 1 atom stereocenters. The van der Waals surface area contributed by atoms with E-state index in [-0.39, 0.29) is 22.6 Å². The Kier molecular flexibility index (Phi) is 5.32. The molecular formula is C23H33N3O3.